The van der Waals surface area contributed by atoms with Crippen molar-refractivity contribution in [3.05, 3.63) is 72.1 Å². The molecule has 3 heterocycles. The van der Waals surface area contributed by atoms with Gasteiger partial charge >= 0.3 is 5.69 Å². The Morgan fingerprint density at radius 1 is 1.26 bits per heavy atom. The van der Waals surface area contributed by atoms with Crippen LogP contribution in [0.1, 0.15) is 22.3 Å². The smallest absolute Gasteiger partial charge is 0.310 e. The summed E-state index contributed by atoms with van der Waals surface area (Å²) in [4.78, 5) is 28.2. The van der Waals surface area contributed by atoms with E-state index in [0.29, 0.717) is 29.4 Å². The minimum absolute atomic E-state index is 0.0985. The number of benzene rings is 1. The van der Waals surface area contributed by atoms with Crippen molar-refractivity contribution in [3.8, 4) is 0 Å². The van der Waals surface area contributed by atoms with Crippen molar-refractivity contribution in [2.45, 2.75) is 26.8 Å². The van der Waals surface area contributed by atoms with Crippen LogP contribution in [-0.4, -0.2) is 21.0 Å². The molecule has 138 valence electrons. The van der Waals surface area contributed by atoms with E-state index in [1.165, 1.54) is 10.6 Å². The summed E-state index contributed by atoms with van der Waals surface area (Å²) >= 11 is 6.37. The number of rotatable bonds is 3. The standard InChI is InChI=1S/C19H17ClN4O3/c1-10-5-11(2)16-12(6-10)7-13(17(20)22-16)8-14-9-15(24(26)27)18-21-3-4-23(18)19(14)25/h5-7,9,21H,3-4,8H2,1-2H3. The molecule has 4 rings (SSSR count). The number of nitrogens with one attached hydrogen (secondary N) is 1. The molecule has 1 aliphatic heterocycles. The largest absolute Gasteiger partial charge is 0.364 e. The average molecular weight is 385 g/mol. The number of nitro groups is 1. The Hall–Kier alpha value is -2.93. The fourth-order valence-electron chi connectivity index (χ4n) is 3.66. The second-order valence-electron chi connectivity index (χ2n) is 6.81. The van der Waals surface area contributed by atoms with Crippen molar-refractivity contribution >= 4 is 34.0 Å². The Kier molecular flexibility index (Phi) is 4.11. The van der Waals surface area contributed by atoms with E-state index in [1.54, 1.807) is 0 Å². The number of hydrogen-bond donors (Lipinski definition) is 1. The number of aryl methyl sites for hydroxylation is 2. The molecule has 1 aromatic carbocycles. The second-order valence-corrected chi connectivity index (χ2v) is 7.17. The molecule has 0 saturated heterocycles. The Labute approximate surface area is 159 Å². The maximum atomic E-state index is 12.8. The normalized spacial score (nSPS) is 12.9. The number of hydrogen-bond acceptors (Lipinski definition) is 5. The first-order valence-corrected chi connectivity index (χ1v) is 8.94. The summed E-state index contributed by atoms with van der Waals surface area (Å²) in [5, 5.41) is 15.6. The van der Waals surface area contributed by atoms with Crippen LogP contribution in [0.5, 0.6) is 0 Å². The molecule has 0 amide bonds. The van der Waals surface area contributed by atoms with Gasteiger partial charge in [0.2, 0.25) is 0 Å². The van der Waals surface area contributed by atoms with Crippen molar-refractivity contribution in [3.63, 3.8) is 0 Å². The molecule has 0 atom stereocenters. The first kappa shape index (κ1) is 17.5. The van der Waals surface area contributed by atoms with Crippen LogP contribution in [0.2, 0.25) is 5.15 Å². The molecule has 7 nitrogen and oxygen atoms in total. The Balaban J connectivity index is 1.85. The van der Waals surface area contributed by atoms with E-state index in [2.05, 4.69) is 10.3 Å². The first-order chi connectivity index (χ1) is 12.8. The molecule has 3 aromatic rings. The second kappa shape index (κ2) is 6.35. The van der Waals surface area contributed by atoms with Gasteiger partial charge in [0.05, 0.1) is 10.4 Å². The summed E-state index contributed by atoms with van der Waals surface area (Å²) in [7, 11) is 0. The molecule has 0 spiro atoms. The van der Waals surface area contributed by atoms with E-state index in [9.17, 15) is 14.9 Å². The summed E-state index contributed by atoms with van der Waals surface area (Å²) in [5.41, 5.74) is 3.62. The Bertz CT molecular complexity index is 1170. The predicted molar refractivity (Wildman–Crippen MR) is 105 cm³/mol. The summed E-state index contributed by atoms with van der Waals surface area (Å²) in [5.74, 6) is 0.266. The number of pyridine rings is 2. The van der Waals surface area contributed by atoms with E-state index in [4.69, 9.17) is 11.6 Å². The number of nitrogens with zero attached hydrogens (tertiary/aromatic N) is 3. The fraction of sp³-hybridized carbons (Fsp3) is 0.263. The minimum Gasteiger partial charge on any atom is -0.364 e. The van der Waals surface area contributed by atoms with E-state index >= 15 is 0 Å². The van der Waals surface area contributed by atoms with Crippen LogP contribution >= 0.6 is 11.6 Å². The van der Waals surface area contributed by atoms with Gasteiger partial charge in [0.25, 0.3) is 5.56 Å². The quantitative estimate of drug-likeness (QED) is 0.423. The Morgan fingerprint density at radius 3 is 2.78 bits per heavy atom. The highest BCUT2D eigenvalue weighted by molar-refractivity contribution is 6.30. The van der Waals surface area contributed by atoms with Crippen molar-refractivity contribution in [1.29, 1.82) is 0 Å². The van der Waals surface area contributed by atoms with Gasteiger partial charge in [-0.2, -0.15) is 0 Å². The zero-order valence-electron chi connectivity index (χ0n) is 14.9. The molecule has 1 aliphatic rings. The van der Waals surface area contributed by atoms with Gasteiger partial charge in [0, 0.05) is 36.5 Å². The summed E-state index contributed by atoms with van der Waals surface area (Å²) in [6.07, 6.45) is 0.189. The minimum atomic E-state index is -0.472. The topological polar surface area (TPSA) is 90.1 Å². The fourth-order valence-corrected chi connectivity index (χ4v) is 3.87. The predicted octanol–water partition coefficient (Wildman–Crippen LogP) is 3.59. The third-order valence-corrected chi connectivity index (χ3v) is 5.16. The number of aromatic nitrogens is 2. The molecule has 2 aromatic heterocycles. The molecular weight excluding hydrogens is 368 g/mol. The zero-order chi connectivity index (χ0) is 19.3. The monoisotopic (exact) mass is 384 g/mol. The lowest BCUT2D eigenvalue weighted by molar-refractivity contribution is -0.384. The van der Waals surface area contributed by atoms with E-state index in [0.717, 1.165) is 22.0 Å². The lowest BCUT2D eigenvalue weighted by Gasteiger charge is -2.10. The van der Waals surface area contributed by atoms with Crippen molar-refractivity contribution in [1.82, 2.24) is 9.55 Å². The van der Waals surface area contributed by atoms with Crippen molar-refractivity contribution in [2.24, 2.45) is 0 Å². The first-order valence-electron chi connectivity index (χ1n) is 8.56. The highest BCUT2D eigenvalue weighted by atomic mass is 35.5. The Morgan fingerprint density at radius 2 is 2.04 bits per heavy atom. The molecular formula is C19H17ClN4O3. The number of fused-ring (bicyclic) bond motifs is 2. The number of anilines is 1. The summed E-state index contributed by atoms with van der Waals surface area (Å²) < 4.78 is 1.42. The van der Waals surface area contributed by atoms with Crippen LogP contribution in [0.4, 0.5) is 11.5 Å². The van der Waals surface area contributed by atoms with Crippen LogP contribution in [-0.2, 0) is 13.0 Å². The molecule has 27 heavy (non-hydrogen) atoms. The zero-order valence-corrected chi connectivity index (χ0v) is 15.6. The van der Waals surface area contributed by atoms with Crippen molar-refractivity contribution < 1.29 is 4.92 Å². The molecule has 1 N–H and O–H groups in total. The molecule has 0 radical (unpaired) electrons. The van der Waals surface area contributed by atoms with E-state index in [1.807, 2.05) is 32.0 Å². The third-order valence-electron chi connectivity index (χ3n) is 4.83. The maximum Gasteiger partial charge on any atom is 0.310 e. The van der Waals surface area contributed by atoms with Gasteiger partial charge in [0.1, 0.15) is 5.15 Å². The lowest BCUT2D eigenvalue weighted by Crippen LogP contribution is -2.23. The third kappa shape index (κ3) is 2.94. The molecule has 0 bridgehead atoms. The molecule has 8 heteroatoms. The van der Waals surface area contributed by atoms with Gasteiger partial charge in [-0.15, -0.1) is 0 Å². The van der Waals surface area contributed by atoms with Gasteiger partial charge in [-0.3, -0.25) is 19.5 Å². The van der Waals surface area contributed by atoms with Crippen LogP contribution in [0, 0.1) is 24.0 Å². The van der Waals surface area contributed by atoms with Crippen LogP contribution < -0.4 is 10.9 Å². The van der Waals surface area contributed by atoms with Gasteiger partial charge in [0.15, 0.2) is 5.82 Å². The SMILES string of the molecule is Cc1cc(C)c2nc(Cl)c(Cc3cc([N+](=O)[O-])c4n(c3=O)CCN4)cc2c1. The van der Waals surface area contributed by atoms with Gasteiger partial charge in [-0.1, -0.05) is 23.2 Å². The van der Waals surface area contributed by atoms with Crippen LogP contribution in [0.15, 0.2) is 29.1 Å². The average Bonchev–Trinajstić information content (AvgIpc) is 3.08. The molecule has 0 aliphatic carbocycles. The van der Waals surface area contributed by atoms with Crippen LogP contribution in [0.3, 0.4) is 0 Å². The van der Waals surface area contributed by atoms with Crippen molar-refractivity contribution in [2.75, 3.05) is 11.9 Å². The van der Waals surface area contributed by atoms with Crippen LogP contribution in [0.25, 0.3) is 10.9 Å². The molecule has 0 unspecified atom stereocenters. The number of halogens is 1. The van der Waals surface area contributed by atoms with E-state index < -0.39 is 4.92 Å². The maximum absolute atomic E-state index is 12.8. The highest BCUT2D eigenvalue weighted by Gasteiger charge is 2.26. The van der Waals surface area contributed by atoms with Gasteiger partial charge < -0.3 is 5.32 Å². The van der Waals surface area contributed by atoms with Gasteiger partial charge in [-0.05, 0) is 37.1 Å². The summed E-state index contributed by atoms with van der Waals surface area (Å²) in [6, 6.07) is 7.30. The molecule has 0 fully saturated rings. The highest BCUT2D eigenvalue weighted by Crippen LogP contribution is 2.29. The van der Waals surface area contributed by atoms with E-state index in [-0.39, 0.29) is 23.5 Å². The summed E-state index contributed by atoms with van der Waals surface area (Å²) in [6.45, 7) is 4.88. The lowest BCUT2D eigenvalue weighted by atomic mass is 10.0. The van der Waals surface area contributed by atoms with Gasteiger partial charge in [-0.25, -0.2) is 4.98 Å². The molecule has 0 saturated carbocycles.